The smallest absolute Gasteiger partial charge is 0.0689 e. The number of hydrogen-bond donors (Lipinski definition) is 0. The Labute approximate surface area is 156 Å². The number of nitriles is 1. The van der Waals surface area contributed by atoms with Crippen molar-refractivity contribution < 1.29 is 4.74 Å². The van der Waals surface area contributed by atoms with Gasteiger partial charge in [0.05, 0.1) is 17.6 Å². The Hall–Kier alpha value is -0.550. The molecule has 0 aromatic rings. The molecule has 0 bridgehead atoms. The molecule has 0 spiro atoms. The highest BCUT2D eigenvalue weighted by Gasteiger charge is 2.35. The number of nitrogens with zero attached hydrogens (tertiary/aromatic N) is 1. The van der Waals surface area contributed by atoms with Crippen molar-refractivity contribution in [1.29, 1.82) is 5.26 Å². The molecule has 2 aliphatic rings. The minimum absolute atomic E-state index is 0.0128. The lowest BCUT2D eigenvalue weighted by Gasteiger charge is -2.36. The molecule has 0 saturated heterocycles. The van der Waals surface area contributed by atoms with Crippen molar-refractivity contribution in [3.63, 3.8) is 0 Å². The second kappa shape index (κ2) is 11.2. The van der Waals surface area contributed by atoms with Gasteiger partial charge in [0.25, 0.3) is 0 Å². The maximum absolute atomic E-state index is 9.53. The molecule has 25 heavy (non-hydrogen) atoms. The van der Waals surface area contributed by atoms with Crippen LogP contribution in [-0.4, -0.2) is 12.7 Å². The molecule has 0 aromatic carbocycles. The highest BCUT2D eigenvalue weighted by molar-refractivity contribution is 5.01. The van der Waals surface area contributed by atoms with E-state index < -0.39 is 0 Å². The van der Waals surface area contributed by atoms with Crippen LogP contribution in [0.25, 0.3) is 0 Å². The van der Waals surface area contributed by atoms with Gasteiger partial charge < -0.3 is 4.74 Å². The van der Waals surface area contributed by atoms with Gasteiger partial charge in [-0.3, -0.25) is 0 Å². The average Bonchev–Trinajstić information content (AvgIpc) is 2.66. The van der Waals surface area contributed by atoms with Crippen molar-refractivity contribution in [2.75, 3.05) is 6.61 Å². The van der Waals surface area contributed by atoms with Crippen LogP contribution < -0.4 is 0 Å². The SMILES string of the molecule is CCCCCCC1CCC(OCC2CCC(C#N)(CCC)CC2)CC1. The zero-order valence-corrected chi connectivity index (χ0v) is 16.9. The maximum atomic E-state index is 9.53. The molecule has 0 heterocycles. The Morgan fingerprint density at radius 1 is 0.880 bits per heavy atom. The first kappa shape index (κ1) is 20.8. The monoisotopic (exact) mass is 347 g/mol. The summed E-state index contributed by atoms with van der Waals surface area (Å²) in [6, 6.07) is 2.63. The van der Waals surface area contributed by atoms with Gasteiger partial charge in [-0.2, -0.15) is 5.26 Å². The van der Waals surface area contributed by atoms with E-state index in [0.717, 1.165) is 38.2 Å². The van der Waals surface area contributed by atoms with Crippen molar-refractivity contribution in [2.45, 2.75) is 116 Å². The van der Waals surface area contributed by atoms with Crippen LogP contribution in [-0.2, 0) is 4.74 Å². The highest BCUT2D eigenvalue weighted by Crippen LogP contribution is 2.42. The minimum Gasteiger partial charge on any atom is -0.378 e. The van der Waals surface area contributed by atoms with Crippen LogP contribution in [0.5, 0.6) is 0 Å². The Kier molecular flexibility index (Phi) is 9.32. The van der Waals surface area contributed by atoms with Crippen LogP contribution in [0, 0.1) is 28.6 Å². The van der Waals surface area contributed by atoms with Crippen LogP contribution in [0.4, 0.5) is 0 Å². The van der Waals surface area contributed by atoms with E-state index in [1.54, 1.807) is 0 Å². The molecule has 0 atom stereocenters. The summed E-state index contributed by atoms with van der Waals surface area (Å²) in [6.45, 7) is 5.44. The van der Waals surface area contributed by atoms with Crippen LogP contribution in [0.1, 0.15) is 110 Å². The summed E-state index contributed by atoms with van der Waals surface area (Å²) in [6.07, 6.45) is 19.7. The first-order valence-corrected chi connectivity index (χ1v) is 11.2. The molecule has 2 heteroatoms. The van der Waals surface area contributed by atoms with E-state index in [1.165, 1.54) is 70.6 Å². The second-order valence-electron chi connectivity index (χ2n) is 8.91. The molecule has 2 rings (SSSR count). The van der Waals surface area contributed by atoms with Gasteiger partial charge in [-0.1, -0.05) is 52.4 Å². The standard InChI is InChI=1S/C23H41NO/c1-3-5-6-7-8-20-9-11-22(12-10-20)25-18-21-13-16-23(19-24,15-4-2)17-14-21/h20-22H,3-18H2,1-2H3. The number of hydrogen-bond acceptors (Lipinski definition) is 2. The summed E-state index contributed by atoms with van der Waals surface area (Å²) in [5, 5.41) is 9.53. The van der Waals surface area contributed by atoms with Crippen LogP contribution in [0.2, 0.25) is 0 Å². The Morgan fingerprint density at radius 2 is 1.60 bits per heavy atom. The molecule has 2 saturated carbocycles. The van der Waals surface area contributed by atoms with E-state index in [2.05, 4.69) is 19.9 Å². The normalized spacial score (nSPS) is 33.1. The second-order valence-corrected chi connectivity index (χ2v) is 8.91. The fourth-order valence-electron chi connectivity index (χ4n) is 5.01. The first-order valence-electron chi connectivity index (χ1n) is 11.2. The molecule has 0 unspecified atom stereocenters. The lowest BCUT2D eigenvalue weighted by Crippen LogP contribution is -2.30. The van der Waals surface area contributed by atoms with Crippen molar-refractivity contribution in [3.8, 4) is 6.07 Å². The number of unbranched alkanes of at least 4 members (excludes halogenated alkanes) is 3. The molecule has 0 aliphatic heterocycles. The topological polar surface area (TPSA) is 33.0 Å². The molecular weight excluding hydrogens is 306 g/mol. The number of ether oxygens (including phenoxy) is 1. The van der Waals surface area contributed by atoms with E-state index >= 15 is 0 Å². The van der Waals surface area contributed by atoms with Gasteiger partial charge in [0.2, 0.25) is 0 Å². The Balaban J connectivity index is 1.57. The highest BCUT2D eigenvalue weighted by atomic mass is 16.5. The molecule has 2 fully saturated rings. The minimum atomic E-state index is -0.0128. The van der Waals surface area contributed by atoms with E-state index in [9.17, 15) is 5.26 Å². The fourth-order valence-corrected chi connectivity index (χ4v) is 5.01. The van der Waals surface area contributed by atoms with Crippen molar-refractivity contribution in [1.82, 2.24) is 0 Å². The molecule has 0 aromatic heterocycles. The summed E-state index contributed by atoms with van der Waals surface area (Å²) in [5.74, 6) is 1.67. The van der Waals surface area contributed by atoms with E-state index in [4.69, 9.17) is 4.74 Å². The lowest BCUT2D eigenvalue weighted by molar-refractivity contribution is -0.0134. The van der Waals surface area contributed by atoms with Crippen LogP contribution in [0.15, 0.2) is 0 Å². The average molecular weight is 348 g/mol. The Morgan fingerprint density at radius 3 is 2.20 bits per heavy atom. The van der Waals surface area contributed by atoms with Gasteiger partial charge in [0, 0.05) is 6.61 Å². The van der Waals surface area contributed by atoms with Gasteiger partial charge in [0.1, 0.15) is 0 Å². The molecule has 2 aliphatic carbocycles. The van der Waals surface area contributed by atoms with E-state index in [1.807, 2.05) is 0 Å². The summed E-state index contributed by atoms with van der Waals surface area (Å²) < 4.78 is 6.29. The zero-order chi connectivity index (χ0) is 18.0. The van der Waals surface area contributed by atoms with Gasteiger partial charge in [0.15, 0.2) is 0 Å². The summed E-state index contributed by atoms with van der Waals surface area (Å²) in [4.78, 5) is 0. The predicted octanol–water partition coefficient (Wildman–Crippen LogP) is 7.03. The first-order chi connectivity index (χ1) is 12.2. The largest absolute Gasteiger partial charge is 0.378 e. The fraction of sp³-hybridized carbons (Fsp3) is 0.957. The lowest BCUT2D eigenvalue weighted by atomic mass is 9.69. The van der Waals surface area contributed by atoms with Crippen molar-refractivity contribution in [3.05, 3.63) is 0 Å². The van der Waals surface area contributed by atoms with Gasteiger partial charge in [-0.15, -0.1) is 0 Å². The number of rotatable bonds is 10. The molecule has 144 valence electrons. The zero-order valence-electron chi connectivity index (χ0n) is 16.9. The summed E-state index contributed by atoms with van der Waals surface area (Å²) in [7, 11) is 0. The predicted molar refractivity (Wildman–Crippen MR) is 105 cm³/mol. The quantitative estimate of drug-likeness (QED) is 0.397. The van der Waals surface area contributed by atoms with Gasteiger partial charge >= 0.3 is 0 Å². The third kappa shape index (κ3) is 6.93. The molecule has 0 radical (unpaired) electrons. The van der Waals surface area contributed by atoms with Gasteiger partial charge in [-0.05, 0) is 69.6 Å². The summed E-state index contributed by atoms with van der Waals surface area (Å²) >= 11 is 0. The van der Waals surface area contributed by atoms with E-state index in [-0.39, 0.29) is 5.41 Å². The van der Waals surface area contributed by atoms with E-state index in [0.29, 0.717) is 12.0 Å². The molecule has 2 nitrogen and oxygen atoms in total. The van der Waals surface area contributed by atoms with Gasteiger partial charge in [-0.25, -0.2) is 0 Å². The third-order valence-corrected chi connectivity index (χ3v) is 6.86. The molecule has 0 N–H and O–H groups in total. The van der Waals surface area contributed by atoms with Crippen molar-refractivity contribution in [2.24, 2.45) is 17.3 Å². The summed E-state index contributed by atoms with van der Waals surface area (Å²) in [5.41, 5.74) is -0.0128. The maximum Gasteiger partial charge on any atom is 0.0689 e. The molecular formula is C23H41NO. The van der Waals surface area contributed by atoms with Crippen molar-refractivity contribution >= 4 is 0 Å². The van der Waals surface area contributed by atoms with Crippen LogP contribution >= 0.6 is 0 Å². The molecule has 0 amide bonds. The van der Waals surface area contributed by atoms with Crippen LogP contribution in [0.3, 0.4) is 0 Å². The third-order valence-electron chi connectivity index (χ3n) is 6.86. The Bertz CT molecular complexity index is 383.